The van der Waals surface area contributed by atoms with Crippen LogP contribution in [-0.4, -0.2) is 17.5 Å². The van der Waals surface area contributed by atoms with Gasteiger partial charge in [-0.2, -0.15) is 0 Å². The topological polar surface area (TPSA) is 46.5 Å². The third kappa shape index (κ3) is 2.79. The second kappa shape index (κ2) is 5.52. The average molecular weight is 264 g/mol. The number of aliphatic hydroxyl groups is 1. The zero-order chi connectivity index (χ0) is 13.9. The number of rotatable bonds is 4. The number of hydrogen-bond acceptors (Lipinski definition) is 3. The monoisotopic (exact) mass is 264 g/mol. The van der Waals surface area contributed by atoms with Gasteiger partial charge in [0, 0.05) is 0 Å². The van der Waals surface area contributed by atoms with E-state index in [1.54, 1.807) is 0 Å². The number of aliphatic hydroxyl groups excluding tert-OH is 1. The number of allylic oxidation sites excluding steroid dienone is 1. The fraction of sp³-hybridized carbons (Fsp3) is 0.182. The maximum atomic E-state index is 13.2. The molecule has 0 aromatic heterocycles. The highest BCUT2D eigenvalue weighted by molar-refractivity contribution is 6.04. The van der Waals surface area contributed by atoms with Crippen molar-refractivity contribution in [3.63, 3.8) is 0 Å². The van der Waals surface area contributed by atoms with Gasteiger partial charge in [-0.1, -0.05) is 0 Å². The normalized spacial score (nSPS) is 11.5. The predicted molar refractivity (Wildman–Crippen MR) is 52.9 cm³/mol. The third-order valence-corrected chi connectivity index (χ3v) is 1.91. The number of carbonyl (C=O) groups excluding carboxylic acids is 1. The van der Waals surface area contributed by atoms with E-state index in [0.29, 0.717) is 6.08 Å². The van der Waals surface area contributed by atoms with Crippen molar-refractivity contribution in [2.45, 2.75) is 6.92 Å². The van der Waals surface area contributed by atoms with Gasteiger partial charge in [-0.15, -0.1) is 0 Å². The third-order valence-electron chi connectivity index (χ3n) is 1.91. The molecule has 0 atom stereocenters. The molecule has 0 spiro atoms. The number of ether oxygens (including phenoxy) is 1. The van der Waals surface area contributed by atoms with Gasteiger partial charge in [0.25, 0.3) is 5.95 Å². The molecule has 7 heteroatoms. The fourth-order valence-electron chi connectivity index (χ4n) is 1.13. The number of halogens is 4. The average Bonchev–Trinajstić information content (AvgIpc) is 2.31. The second-order valence-corrected chi connectivity index (χ2v) is 3.13. The standard InChI is InChI=1S/C11H8F4O3/c1-2-18-8(17)4-7(16)5-3-6(12)10(14)11(15)9(5)13/h3-4,17H,2H2,1H3/b8-4+. The van der Waals surface area contributed by atoms with Crippen LogP contribution in [0.1, 0.15) is 17.3 Å². The van der Waals surface area contributed by atoms with E-state index in [2.05, 4.69) is 4.74 Å². The Kier molecular flexibility index (Phi) is 4.30. The van der Waals surface area contributed by atoms with E-state index in [0.717, 1.165) is 0 Å². The molecular weight excluding hydrogens is 256 g/mol. The van der Waals surface area contributed by atoms with Gasteiger partial charge in [0.1, 0.15) is 0 Å². The molecule has 0 unspecified atom stereocenters. The van der Waals surface area contributed by atoms with Crippen LogP contribution in [0.25, 0.3) is 0 Å². The first-order valence-electron chi connectivity index (χ1n) is 4.79. The summed E-state index contributed by atoms with van der Waals surface area (Å²) in [6.45, 7) is 1.54. The van der Waals surface area contributed by atoms with E-state index in [-0.39, 0.29) is 12.7 Å². The summed E-state index contributed by atoms with van der Waals surface area (Å²) in [5, 5.41) is 9.00. The van der Waals surface area contributed by atoms with Crippen LogP contribution in [0.5, 0.6) is 0 Å². The van der Waals surface area contributed by atoms with E-state index in [9.17, 15) is 22.4 Å². The summed E-state index contributed by atoms with van der Waals surface area (Å²) in [6.07, 6.45) is 0.429. The number of benzene rings is 1. The summed E-state index contributed by atoms with van der Waals surface area (Å²) < 4.78 is 55.9. The van der Waals surface area contributed by atoms with Crippen molar-refractivity contribution >= 4 is 5.78 Å². The van der Waals surface area contributed by atoms with Crippen molar-refractivity contribution in [2.24, 2.45) is 0 Å². The molecule has 0 fully saturated rings. The van der Waals surface area contributed by atoms with Crippen LogP contribution in [0, 0.1) is 23.3 Å². The SMILES string of the molecule is CCO/C(O)=C/C(=O)c1cc(F)c(F)c(F)c1F. The summed E-state index contributed by atoms with van der Waals surface area (Å²) in [4.78, 5) is 11.4. The van der Waals surface area contributed by atoms with E-state index in [4.69, 9.17) is 5.11 Å². The molecule has 0 aliphatic heterocycles. The van der Waals surface area contributed by atoms with E-state index >= 15 is 0 Å². The van der Waals surface area contributed by atoms with Crippen molar-refractivity contribution in [2.75, 3.05) is 6.61 Å². The molecular formula is C11H8F4O3. The summed E-state index contributed by atoms with van der Waals surface area (Å²) >= 11 is 0. The molecule has 0 amide bonds. The summed E-state index contributed by atoms with van der Waals surface area (Å²) in [5.41, 5.74) is -1.04. The van der Waals surface area contributed by atoms with Gasteiger partial charge < -0.3 is 9.84 Å². The molecule has 0 aliphatic carbocycles. The smallest absolute Gasteiger partial charge is 0.280 e. The van der Waals surface area contributed by atoms with Crippen molar-refractivity contribution in [3.8, 4) is 0 Å². The lowest BCUT2D eigenvalue weighted by Gasteiger charge is -2.03. The van der Waals surface area contributed by atoms with Crippen molar-refractivity contribution in [3.05, 3.63) is 46.9 Å². The molecule has 1 aromatic carbocycles. The highest BCUT2D eigenvalue weighted by Gasteiger charge is 2.22. The Balaban J connectivity index is 3.19. The molecule has 0 heterocycles. The molecule has 98 valence electrons. The summed E-state index contributed by atoms with van der Waals surface area (Å²) in [7, 11) is 0. The summed E-state index contributed by atoms with van der Waals surface area (Å²) in [5.74, 6) is -9.74. The van der Waals surface area contributed by atoms with Crippen molar-refractivity contribution in [1.29, 1.82) is 0 Å². The molecule has 0 saturated heterocycles. The first-order chi connectivity index (χ1) is 8.38. The van der Waals surface area contributed by atoms with E-state index in [1.165, 1.54) is 6.92 Å². The Bertz CT molecular complexity index is 512. The van der Waals surface area contributed by atoms with Gasteiger partial charge >= 0.3 is 0 Å². The Hall–Kier alpha value is -2.05. The van der Waals surface area contributed by atoms with Gasteiger partial charge in [0.15, 0.2) is 29.1 Å². The molecule has 1 N–H and O–H groups in total. The van der Waals surface area contributed by atoms with Gasteiger partial charge in [-0.25, -0.2) is 17.6 Å². The van der Waals surface area contributed by atoms with Crippen LogP contribution in [0.2, 0.25) is 0 Å². The molecule has 0 saturated carbocycles. The van der Waals surface area contributed by atoms with Gasteiger partial charge in [-0.3, -0.25) is 4.79 Å². The summed E-state index contributed by atoms with van der Waals surface area (Å²) in [6, 6.07) is 0.200. The lowest BCUT2D eigenvalue weighted by molar-refractivity contribution is 0.0917. The maximum Gasteiger partial charge on any atom is 0.280 e. The fourth-order valence-corrected chi connectivity index (χ4v) is 1.13. The maximum absolute atomic E-state index is 13.2. The van der Waals surface area contributed by atoms with Crippen molar-refractivity contribution < 1.29 is 32.2 Å². The second-order valence-electron chi connectivity index (χ2n) is 3.13. The van der Waals surface area contributed by atoms with Gasteiger partial charge in [-0.05, 0) is 13.0 Å². The molecule has 0 aliphatic rings. The molecule has 1 rings (SSSR count). The number of ketones is 1. The zero-order valence-corrected chi connectivity index (χ0v) is 9.14. The zero-order valence-electron chi connectivity index (χ0n) is 9.14. The minimum atomic E-state index is -2.09. The number of hydrogen-bond donors (Lipinski definition) is 1. The Morgan fingerprint density at radius 2 is 1.89 bits per heavy atom. The first-order valence-corrected chi connectivity index (χ1v) is 4.79. The van der Waals surface area contributed by atoms with Crippen LogP contribution in [0.15, 0.2) is 18.1 Å². The quantitative estimate of drug-likeness (QED) is 0.227. The Morgan fingerprint density at radius 1 is 1.28 bits per heavy atom. The minimum absolute atomic E-state index is 0.0320. The minimum Gasteiger partial charge on any atom is -0.481 e. The Labute approximate surface area is 99.3 Å². The number of carbonyl (C=O) groups is 1. The lowest BCUT2D eigenvalue weighted by atomic mass is 10.1. The van der Waals surface area contributed by atoms with Crippen LogP contribution in [-0.2, 0) is 4.74 Å². The predicted octanol–water partition coefficient (Wildman–Crippen LogP) is 2.86. The van der Waals surface area contributed by atoms with Gasteiger partial charge in [0.05, 0.1) is 18.2 Å². The molecule has 3 nitrogen and oxygen atoms in total. The highest BCUT2D eigenvalue weighted by atomic mass is 19.2. The molecule has 0 bridgehead atoms. The van der Waals surface area contributed by atoms with Crippen LogP contribution >= 0.6 is 0 Å². The highest BCUT2D eigenvalue weighted by Crippen LogP contribution is 2.19. The van der Waals surface area contributed by atoms with E-state index < -0.39 is 40.6 Å². The molecule has 0 radical (unpaired) electrons. The van der Waals surface area contributed by atoms with Crippen LogP contribution < -0.4 is 0 Å². The van der Waals surface area contributed by atoms with Crippen molar-refractivity contribution in [1.82, 2.24) is 0 Å². The largest absolute Gasteiger partial charge is 0.481 e. The van der Waals surface area contributed by atoms with Crippen LogP contribution in [0.3, 0.4) is 0 Å². The Morgan fingerprint density at radius 3 is 2.44 bits per heavy atom. The lowest BCUT2D eigenvalue weighted by Crippen LogP contribution is -2.07. The van der Waals surface area contributed by atoms with Crippen LogP contribution in [0.4, 0.5) is 17.6 Å². The molecule has 18 heavy (non-hydrogen) atoms. The van der Waals surface area contributed by atoms with Gasteiger partial charge in [0.2, 0.25) is 0 Å². The first kappa shape index (κ1) is 14.0. The van der Waals surface area contributed by atoms with E-state index in [1.807, 2.05) is 0 Å². The molecule has 1 aromatic rings.